The molecule has 0 spiro atoms. The number of nitrogens with one attached hydrogen (secondary N) is 1. The molecule has 0 bridgehead atoms. The molecule has 1 aromatic carbocycles. The van der Waals surface area contributed by atoms with Gasteiger partial charge in [0, 0.05) is 20.0 Å². The monoisotopic (exact) mass is 450 g/mol. The first kappa shape index (κ1) is 20.1. The summed E-state index contributed by atoms with van der Waals surface area (Å²) in [7, 11) is 0. The Hall–Kier alpha value is -2.60. The third-order valence-corrected chi connectivity index (χ3v) is 5.55. The summed E-state index contributed by atoms with van der Waals surface area (Å²) in [5.41, 5.74) is 1.93. The molecule has 1 aromatic rings. The maximum Gasteiger partial charge on any atom is 0.414 e. The second-order valence-corrected chi connectivity index (χ2v) is 7.50. The number of cyclic esters (lactones) is 1. The Morgan fingerprint density at radius 3 is 2.75 bits per heavy atom. The molecule has 1 atom stereocenters. The van der Waals surface area contributed by atoms with Crippen molar-refractivity contribution in [1.29, 1.82) is 5.26 Å². The summed E-state index contributed by atoms with van der Waals surface area (Å²) >= 11 is 3.26. The highest BCUT2D eigenvalue weighted by molar-refractivity contribution is 9.12. The highest BCUT2D eigenvalue weighted by atomic mass is 79.9. The van der Waals surface area contributed by atoms with E-state index in [1.165, 1.54) is 17.9 Å². The molecule has 0 unspecified atom stereocenters. The van der Waals surface area contributed by atoms with Gasteiger partial charge in [-0.2, -0.15) is 5.26 Å². The zero-order valence-corrected chi connectivity index (χ0v) is 17.0. The van der Waals surface area contributed by atoms with E-state index in [-0.39, 0.29) is 19.0 Å². The van der Waals surface area contributed by atoms with Crippen LogP contribution in [0.15, 0.2) is 28.3 Å². The molecular weight excluding hydrogens is 431 g/mol. The van der Waals surface area contributed by atoms with Crippen molar-refractivity contribution >= 4 is 39.3 Å². The van der Waals surface area contributed by atoms with Crippen LogP contribution < -0.4 is 15.1 Å². The molecule has 2 aliphatic heterocycles. The fourth-order valence-electron chi connectivity index (χ4n) is 3.33. The smallest absolute Gasteiger partial charge is 0.414 e. The van der Waals surface area contributed by atoms with Gasteiger partial charge in [-0.15, -0.1) is 0 Å². The number of ether oxygens (including phenoxy) is 1. The van der Waals surface area contributed by atoms with Crippen molar-refractivity contribution < 1.29 is 18.7 Å². The standard InChI is InChI=1S/C19H20BrFN4O3/c1-12(26)23-10-15-11-25(19(27)28-15)14-2-3-18(17(21)8-14)24-6-4-13(5-7-24)16(20)9-22/h2-3,8,15H,4-7,10-11H2,1H3,(H,23,26)/t15-/m0/s1. The third kappa shape index (κ3) is 4.44. The summed E-state index contributed by atoms with van der Waals surface area (Å²) in [4.78, 5) is 26.4. The van der Waals surface area contributed by atoms with Crippen molar-refractivity contribution in [1.82, 2.24) is 5.32 Å². The number of hydrogen-bond donors (Lipinski definition) is 1. The van der Waals surface area contributed by atoms with Gasteiger partial charge in [0.15, 0.2) is 0 Å². The normalized spacial score (nSPS) is 19.3. The van der Waals surface area contributed by atoms with E-state index in [0.717, 1.165) is 5.57 Å². The fourth-order valence-corrected chi connectivity index (χ4v) is 3.73. The summed E-state index contributed by atoms with van der Waals surface area (Å²) in [6, 6.07) is 6.77. The van der Waals surface area contributed by atoms with Crippen molar-refractivity contribution in [2.75, 3.05) is 36.0 Å². The molecule has 2 saturated heterocycles. The summed E-state index contributed by atoms with van der Waals surface area (Å²) in [6.45, 7) is 3.10. The molecule has 0 aliphatic carbocycles. The highest BCUT2D eigenvalue weighted by Crippen LogP contribution is 2.31. The lowest BCUT2D eigenvalue weighted by atomic mass is 10.0. The molecule has 1 N–H and O–H groups in total. The predicted octanol–water partition coefficient (Wildman–Crippen LogP) is 3.06. The van der Waals surface area contributed by atoms with E-state index in [9.17, 15) is 14.0 Å². The van der Waals surface area contributed by atoms with Crippen molar-refractivity contribution in [3.8, 4) is 6.07 Å². The molecule has 2 amide bonds. The SMILES string of the molecule is CC(=O)NC[C@H]1CN(c2ccc(N3CCC(=C(Br)C#N)CC3)c(F)c2)C(=O)O1. The summed E-state index contributed by atoms with van der Waals surface area (Å²) < 4.78 is 20.5. The number of hydrogen-bond acceptors (Lipinski definition) is 5. The number of carbonyl (C=O) groups excluding carboxylic acids is 2. The van der Waals surface area contributed by atoms with Gasteiger partial charge in [0.05, 0.1) is 28.9 Å². The Morgan fingerprint density at radius 2 is 2.14 bits per heavy atom. The fraction of sp³-hybridized carbons (Fsp3) is 0.421. The summed E-state index contributed by atoms with van der Waals surface area (Å²) in [5, 5.41) is 11.6. The molecule has 0 saturated carbocycles. The van der Waals surface area contributed by atoms with Crippen LogP contribution in [0.1, 0.15) is 19.8 Å². The number of anilines is 2. The van der Waals surface area contributed by atoms with Crippen molar-refractivity contribution in [3.05, 3.63) is 34.1 Å². The maximum absolute atomic E-state index is 14.7. The Balaban J connectivity index is 1.67. The van der Waals surface area contributed by atoms with Crippen LogP contribution in [0.2, 0.25) is 0 Å². The predicted molar refractivity (Wildman–Crippen MR) is 106 cm³/mol. The first-order chi connectivity index (χ1) is 13.4. The van der Waals surface area contributed by atoms with E-state index >= 15 is 0 Å². The molecule has 28 heavy (non-hydrogen) atoms. The van der Waals surface area contributed by atoms with E-state index in [2.05, 4.69) is 27.3 Å². The number of nitriles is 1. The molecule has 7 nitrogen and oxygen atoms in total. The Labute approximate surface area is 170 Å². The van der Waals surface area contributed by atoms with Crippen LogP contribution >= 0.6 is 15.9 Å². The van der Waals surface area contributed by atoms with Gasteiger partial charge in [0.1, 0.15) is 18.0 Å². The van der Waals surface area contributed by atoms with Crippen LogP contribution in [0.5, 0.6) is 0 Å². The summed E-state index contributed by atoms with van der Waals surface area (Å²) in [6.07, 6.45) is 0.360. The zero-order valence-electron chi connectivity index (χ0n) is 15.4. The first-order valence-electron chi connectivity index (χ1n) is 8.93. The number of nitrogens with zero attached hydrogens (tertiary/aromatic N) is 3. The van der Waals surface area contributed by atoms with E-state index in [0.29, 0.717) is 41.8 Å². The average Bonchev–Trinajstić information content (AvgIpc) is 3.06. The van der Waals surface area contributed by atoms with Crippen LogP contribution in [0.3, 0.4) is 0 Å². The summed E-state index contributed by atoms with van der Waals surface area (Å²) in [5.74, 6) is -0.617. The minimum atomic E-state index is -0.559. The Morgan fingerprint density at radius 1 is 1.43 bits per heavy atom. The minimum absolute atomic E-state index is 0.203. The van der Waals surface area contributed by atoms with Gasteiger partial charge in [-0.1, -0.05) is 0 Å². The molecule has 3 rings (SSSR count). The molecule has 2 fully saturated rings. The van der Waals surface area contributed by atoms with Gasteiger partial charge >= 0.3 is 6.09 Å². The van der Waals surface area contributed by atoms with Crippen LogP contribution in [0, 0.1) is 17.1 Å². The quantitative estimate of drug-likeness (QED) is 0.712. The number of halogens is 2. The van der Waals surface area contributed by atoms with E-state index in [1.54, 1.807) is 12.1 Å². The van der Waals surface area contributed by atoms with Gasteiger partial charge < -0.3 is 15.0 Å². The topological polar surface area (TPSA) is 85.7 Å². The third-order valence-electron chi connectivity index (χ3n) is 4.81. The van der Waals surface area contributed by atoms with Crippen LogP contribution in [0.4, 0.5) is 20.6 Å². The number of amides is 2. The lowest BCUT2D eigenvalue weighted by molar-refractivity contribution is -0.119. The number of rotatable bonds is 4. The highest BCUT2D eigenvalue weighted by Gasteiger charge is 2.33. The second kappa shape index (κ2) is 8.61. The maximum atomic E-state index is 14.7. The van der Waals surface area contributed by atoms with Crippen molar-refractivity contribution in [2.24, 2.45) is 0 Å². The number of piperidine rings is 1. The number of carbonyl (C=O) groups is 2. The van der Waals surface area contributed by atoms with E-state index < -0.39 is 18.0 Å². The lowest BCUT2D eigenvalue weighted by Gasteiger charge is -2.31. The molecule has 2 heterocycles. The lowest BCUT2D eigenvalue weighted by Crippen LogP contribution is -2.33. The minimum Gasteiger partial charge on any atom is -0.442 e. The second-order valence-electron chi connectivity index (χ2n) is 6.71. The average molecular weight is 451 g/mol. The first-order valence-corrected chi connectivity index (χ1v) is 9.73. The molecule has 0 aromatic heterocycles. The van der Waals surface area contributed by atoms with E-state index in [1.807, 2.05) is 4.90 Å². The van der Waals surface area contributed by atoms with Crippen LogP contribution in [-0.2, 0) is 9.53 Å². The van der Waals surface area contributed by atoms with Crippen molar-refractivity contribution in [3.63, 3.8) is 0 Å². The molecule has 2 aliphatic rings. The van der Waals surface area contributed by atoms with Crippen molar-refractivity contribution in [2.45, 2.75) is 25.9 Å². The number of benzene rings is 1. The Kier molecular flexibility index (Phi) is 6.19. The Bertz CT molecular complexity index is 857. The largest absolute Gasteiger partial charge is 0.442 e. The molecule has 9 heteroatoms. The van der Waals surface area contributed by atoms with Gasteiger partial charge in [-0.3, -0.25) is 9.69 Å². The van der Waals surface area contributed by atoms with E-state index in [4.69, 9.17) is 10.00 Å². The van der Waals surface area contributed by atoms with Gasteiger partial charge in [-0.05, 0) is 52.5 Å². The zero-order chi connectivity index (χ0) is 20.3. The molecule has 0 radical (unpaired) electrons. The molecule has 148 valence electrons. The number of allylic oxidation sites excluding steroid dienone is 1. The van der Waals surface area contributed by atoms with Gasteiger partial charge in [0.25, 0.3) is 0 Å². The van der Waals surface area contributed by atoms with Crippen LogP contribution in [0.25, 0.3) is 0 Å². The van der Waals surface area contributed by atoms with Gasteiger partial charge in [0.2, 0.25) is 5.91 Å². The molecular formula is C19H20BrFN4O3. The van der Waals surface area contributed by atoms with Gasteiger partial charge in [-0.25, -0.2) is 9.18 Å². The van der Waals surface area contributed by atoms with Crippen LogP contribution in [-0.4, -0.2) is 44.3 Å².